The van der Waals surface area contributed by atoms with Gasteiger partial charge in [-0.2, -0.15) is 13.2 Å². The van der Waals surface area contributed by atoms with E-state index in [0.29, 0.717) is 5.69 Å². The third-order valence-corrected chi connectivity index (χ3v) is 5.90. The van der Waals surface area contributed by atoms with E-state index in [1.54, 1.807) is 24.4 Å². The number of fused-ring (bicyclic) bond motifs is 1. The van der Waals surface area contributed by atoms with Crippen molar-refractivity contribution >= 4 is 28.7 Å². The molecule has 0 fully saturated rings. The summed E-state index contributed by atoms with van der Waals surface area (Å²) in [5.41, 5.74) is 1.90. The SMILES string of the molecule is CCCCCN(CCCCC)c1ccc(/C=C/c2ccnc3ccccc23)c(C(F)(F)F)c1. The Bertz CT molecular complexity index is 1040. The second kappa shape index (κ2) is 11.9. The number of pyridine rings is 1. The molecule has 176 valence electrons. The lowest BCUT2D eigenvalue weighted by Crippen LogP contribution is -2.26. The fourth-order valence-corrected chi connectivity index (χ4v) is 4.05. The van der Waals surface area contributed by atoms with E-state index in [2.05, 4.69) is 23.7 Å². The maximum atomic E-state index is 14.0. The Hall–Kier alpha value is -2.82. The van der Waals surface area contributed by atoms with Crippen LogP contribution in [0.2, 0.25) is 0 Å². The number of aromatic nitrogens is 1. The average molecular weight is 455 g/mol. The lowest BCUT2D eigenvalue weighted by atomic mass is 10.0. The van der Waals surface area contributed by atoms with E-state index >= 15 is 0 Å². The summed E-state index contributed by atoms with van der Waals surface area (Å²) in [5, 5.41) is 0.916. The van der Waals surface area contributed by atoms with E-state index in [9.17, 15) is 13.2 Å². The van der Waals surface area contributed by atoms with Gasteiger partial charge in [-0.25, -0.2) is 0 Å². The van der Waals surface area contributed by atoms with Crippen LogP contribution in [0, 0.1) is 0 Å². The van der Waals surface area contributed by atoms with Crippen molar-refractivity contribution in [3.63, 3.8) is 0 Å². The summed E-state index contributed by atoms with van der Waals surface area (Å²) in [6.07, 6.45) is 6.87. The van der Waals surface area contributed by atoms with Crippen LogP contribution >= 0.6 is 0 Å². The summed E-state index contributed by atoms with van der Waals surface area (Å²) < 4.78 is 42.1. The fourth-order valence-electron chi connectivity index (χ4n) is 4.05. The van der Waals surface area contributed by atoms with Gasteiger partial charge in [0.05, 0.1) is 11.1 Å². The summed E-state index contributed by atoms with van der Waals surface area (Å²) in [4.78, 5) is 6.44. The number of halogens is 3. The zero-order valence-corrected chi connectivity index (χ0v) is 19.5. The van der Waals surface area contributed by atoms with Crippen molar-refractivity contribution in [1.82, 2.24) is 4.98 Å². The van der Waals surface area contributed by atoms with E-state index in [-0.39, 0.29) is 5.56 Å². The number of benzene rings is 2. The standard InChI is InChI=1S/C28H33F3N2/c1-3-5-9-19-33(20-10-6-4-2)24-16-15-23(26(21-24)28(29,30)31)14-13-22-17-18-32-27-12-8-7-11-25(22)27/h7-8,11-18,21H,3-6,9-10,19-20H2,1-2H3/b14-13+. The number of para-hydroxylation sites is 1. The number of hydrogen-bond acceptors (Lipinski definition) is 2. The van der Waals surface area contributed by atoms with E-state index in [4.69, 9.17) is 0 Å². The average Bonchev–Trinajstić information content (AvgIpc) is 2.81. The summed E-state index contributed by atoms with van der Waals surface area (Å²) >= 11 is 0. The predicted octanol–water partition coefficient (Wildman–Crippen LogP) is 8.61. The van der Waals surface area contributed by atoms with Gasteiger partial charge in [0, 0.05) is 30.4 Å². The molecule has 2 aromatic carbocycles. The van der Waals surface area contributed by atoms with Crippen molar-refractivity contribution in [3.05, 3.63) is 71.4 Å². The van der Waals surface area contributed by atoms with Crippen molar-refractivity contribution in [1.29, 1.82) is 0 Å². The molecule has 0 atom stereocenters. The highest BCUT2D eigenvalue weighted by molar-refractivity contribution is 5.90. The third kappa shape index (κ3) is 6.83. The first kappa shape index (κ1) is 24.8. The van der Waals surface area contributed by atoms with Crippen molar-refractivity contribution in [2.75, 3.05) is 18.0 Å². The molecule has 33 heavy (non-hydrogen) atoms. The minimum Gasteiger partial charge on any atom is -0.372 e. The second-order valence-corrected chi connectivity index (χ2v) is 8.42. The largest absolute Gasteiger partial charge is 0.417 e. The Kier molecular flexibility index (Phi) is 8.93. The molecule has 0 amide bonds. The molecule has 2 nitrogen and oxygen atoms in total. The third-order valence-electron chi connectivity index (χ3n) is 5.90. The van der Waals surface area contributed by atoms with Gasteiger partial charge in [-0.1, -0.05) is 75.9 Å². The van der Waals surface area contributed by atoms with Gasteiger partial charge >= 0.3 is 6.18 Å². The maximum absolute atomic E-state index is 14.0. The van der Waals surface area contributed by atoms with Crippen LogP contribution in [0.5, 0.6) is 0 Å². The molecule has 0 bridgehead atoms. The zero-order valence-electron chi connectivity index (χ0n) is 19.5. The van der Waals surface area contributed by atoms with Gasteiger partial charge < -0.3 is 4.90 Å². The first-order valence-corrected chi connectivity index (χ1v) is 11.9. The van der Waals surface area contributed by atoms with Gasteiger partial charge in [-0.3, -0.25) is 4.98 Å². The fraction of sp³-hybridized carbons (Fsp3) is 0.393. The highest BCUT2D eigenvalue weighted by Gasteiger charge is 2.33. The number of alkyl halides is 3. The molecular weight excluding hydrogens is 421 g/mol. The summed E-state index contributed by atoms with van der Waals surface area (Å²) in [6.45, 7) is 5.84. The molecule has 0 aliphatic carbocycles. The monoisotopic (exact) mass is 454 g/mol. The first-order chi connectivity index (χ1) is 15.9. The van der Waals surface area contributed by atoms with E-state index < -0.39 is 11.7 Å². The summed E-state index contributed by atoms with van der Waals surface area (Å²) in [7, 11) is 0. The van der Waals surface area contributed by atoms with Crippen molar-refractivity contribution in [2.45, 2.75) is 58.5 Å². The molecule has 3 aromatic rings. The Morgan fingerprint density at radius 3 is 2.15 bits per heavy atom. The van der Waals surface area contributed by atoms with Crippen LogP contribution in [0.1, 0.15) is 69.1 Å². The molecule has 0 aliphatic rings. The van der Waals surface area contributed by atoms with Crippen LogP contribution in [0.25, 0.3) is 23.1 Å². The Balaban J connectivity index is 1.93. The minimum absolute atomic E-state index is 0.175. The van der Waals surface area contributed by atoms with Gasteiger partial charge in [0.25, 0.3) is 0 Å². The molecule has 0 spiro atoms. The summed E-state index contributed by atoms with van der Waals surface area (Å²) in [6, 6.07) is 14.2. The molecule has 0 saturated carbocycles. The van der Waals surface area contributed by atoms with Crippen LogP contribution in [0.4, 0.5) is 18.9 Å². The predicted molar refractivity (Wildman–Crippen MR) is 133 cm³/mol. The van der Waals surface area contributed by atoms with Gasteiger partial charge in [0.2, 0.25) is 0 Å². The lowest BCUT2D eigenvalue weighted by molar-refractivity contribution is -0.137. The van der Waals surface area contributed by atoms with Crippen LogP contribution < -0.4 is 4.90 Å². The lowest BCUT2D eigenvalue weighted by Gasteiger charge is -2.26. The Labute approximate surface area is 195 Å². The van der Waals surface area contributed by atoms with Crippen molar-refractivity contribution in [3.8, 4) is 0 Å². The topological polar surface area (TPSA) is 16.1 Å². The molecule has 1 aromatic heterocycles. The van der Waals surface area contributed by atoms with Gasteiger partial charge in [-0.05, 0) is 48.2 Å². The first-order valence-electron chi connectivity index (χ1n) is 11.9. The van der Waals surface area contributed by atoms with Crippen LogP contribution in [-0.2, 0) is 6.18 Å². The maximum Gasteiger partial charge on any atom is 0.417 e. The summed E-state index contributed by atoms with van der Waals surface area (Å²) in [5.74, 6) is 0. The Morgan fingerprint density at radius 1 is 0.818 bits per heavy atom. The van der Waals surface area contributed by atoms with Crippen LogP contribution in [-0.4, -0.2) is 18.1 Å². The molecule has 3 rings (SSSR count). The van der Waals surface area contributed by atoms with Crippen molar-refractivity contribution in [2.24, 2.45) is 0 Å². The molecule has 0 radical (unpaired) electrons. The number of unbranched alkanes of at least 4 members (excludes halogenated alkanes) is 4. The van der Waals surface area contributed by atoms with Gasteiger partial charge in [0.15, 0.2) is 0 Å². The second-order valence-electron chi connectivity index (χ2n) is 8.42. The van der Waals surface area contributed by atoms with Crippen LogP contribution in [0.15, 0.2) is 54.7 Å². The number of rotatable bonds is 11. The Morgan fingerprint density at radius 2 is 1.48 bits per heavy atom. The number of nitrogens with zero attached hydrogens (tertiary/aromatic N) is 2. The molecule has 0 saturated heterocycles. The molecular formula is C28H33F3N2. The van der Waals surface area contributed by atoms with Crippen LogP contribution in [0.3, 0.4) is 0 Å². The van der Waals surface area contributed by atoms with E-state index in [1.807, 2.05) is 36.4 Å². The zero-order chi connectivity index (χ0) is 23.7. The van der Waals surface area contributed by atoms with Gasteiger partial charge in [-0.15, -0.1) is 0 Å². The molecule has 0 N–H and O–H groups in total. The molecule has 0 unspecified atom stereocenters. The number of hydrogen-bond donors (Lipinski definition) is 0. The minimum atomic E-state index is -4.42. The quantitative estimate of drug-likeness (QED) is 0.270. The van der Waals surface area contributed by atoms with Gasteiger partial charge in [0.1, 0.15) is 0 Å². The smallest absolute Gasteiger partial charge is 0.372 e. The number of anilines is 1. The van der Waals surface area contributed by atoms with Crippen molar-refractivity contribution < 1.29 is 13.2 Å². The molecule has 5 heteroatoms. The van der Waals surface area contributed by atoms with E-state index in [0.717, 1.165) is 68.1 Å². The highest BCUT2D eigenvalue weighted by atomic mass is 19.4. The van der Waals surface area contributed by atoms with E-state index in [1.165, 1.54) is 6.07 Å². The molecule has 1 heterocycles. The molecule has 0 aliphatic heterocycles. The normalized spacial score (nSPS) is 12.0. The highest BCUT2D eigenvalue weighted by Crippen LogP contribution is 2.36.